The summed E-state index contributed by atoms with van der Waals surface area (Å²) in [5.74, 6) is -3.67. The van der Waals surface area contributed by atoms with Gasteiger partial charge in [-0.15, -0.1) is 5.10 Å². The maximum atomic E-state index is 14.6. The van der Waals surface area contributed by atoms with Crippen molar-refractivity contribution in [1.82, 2.24) is 15.5 Å². The van der Waals surface area contributed by atoms with Crippen LogP contribution in [0.25, 0.3) is 11.5 Å². The average molecular weight is 435 g/mol. The molecule has 0 aliphatic rings. The summed E-state index contributed by atoms with van der Waals surface area (Å²) in [5, 5.41) is 24.6. The lowest BCUT2D eigenvalue weighted by Gasteiger charge is -2.13. The molecule has 11 heteroatoms. The zero-order valence-corrected chi connectivity index (χ0v) is 16.5. The lowest BCUT2D eigenvalue weighted by molar-refractivity contribution is 0.101. The summed E-state index contributed by atoms with van der Waals surface area (Å²) >= 11 is 0. The summed E-state index contributed by atoms with van der Waals surface area (Å²) in [4.78, 5) is 11.4. The molecule has 0 unspecified atom stereocenters. The van der Waals surface area contributed by atoms with Gasteiger partial charge in [0.2, 0.25) is 0 Å². The second-order valence-electron chi connectivity index (χ2n) is 6.47. The average Bonchev–Trinajstić information content (AvgIpc) is 3.21. The standard InChI is InChI=1S/C20H20F3N5O3/c1-11(30)12-2-5-16(15(22)10-12)26-18-13(3-4-14(21)17(18)23)19-27-28-20(31-19)25-7-6-24-8-9-29/h2-5,10,24,26,29H,6-9H2,1H3,(H,25,28). The molecule has 0 saturated carbocycles. The van der Waals surface area contributed by atoms with Gasteiger partial charge < -0.3 is 25.5 Å². The Balaban J connectivity index is 1.85. The number of aromatic nitrogens is 2. The first-order valence-corrected chi connectivity index (χ1v) is 9.35. The summed E-state index contributed by atoms with van der Waals surface area (Å²) in [6.07, 6.45) is 0. The quantitative estimate of drug-likeness (QED) is 0.284. The monoisotopic (exact) mass is 435 g/mol. The largest absolute Gasteiger partial charge is 0.403 e. The van der Waals surface area contributed by atoms with Crippen LogP contribution in [0.1, 0.15) is 17.3 Å². The number of benzene rings is 2. The number of hydrogen-bond donors (Lipinski definition) is 4. The lowest BCUT2D eigenvalue weighted by atomic mass is 10.1. The van der Waals surface area contributed by atoms with Crippen LogP contribution in [0.15, 0.2) is 34.7 Å². The van der Waals surface area contributed by atoms with Crippen LogP contribution < -0.4 is 16.0 Å². The molecule has 8 nitrogen and oxygen atoms in total. The van der Waals surface area contributed by atoms with Gasteiger partial charge in [0.1, 0.15) is 5.82 Å². The molecular weight excluding hydrogens is 415 g/mol. The van der Waals surface area contributed by atoms with Gasteiger partial charge in [-0.2, -0.15) is 0 Å². The molecule has 0 aliphatic carbocycles. The number of hydrogen-bond acceptors (Lipinski definition) is 8. The Morgan fingerprint density at radius 2 is 1.87 bits per heavy atom. The van der Waals surface area contributed by atoms with Crippen LogP contribution in [-0.2, 0) is 0 Å². The molecular formula is C20H20F3N5O3. The highest BCUT2D eigenvalue weighted by molar-refractivity contribution is 5.94. The number of nitrogens with zero attached hydrogens (tertiary/aromatic N) is 2. The fourth-order valence-corrected chi connectivity index (χ4v) is 2.69. The van der Waals surface area contributed by atoms with Crippen molar-refractivity contribution in [2.75, 3.05) is 36.9 Å². The molecule has 164 valence electrons. The lowest BCUT2D eigenvalue weighted by Crippen LogP contribution is -2.24. The van der Waals surface area contributed by atoms with Crippen molar-refractivity contribution >= 4 is 23.2 Å². The molecule has 0 aliphatic heterocycles. The molecule has 0 saturated heterocycles. The van der Waals surface area contributed by atoms with E-state index in [1.165, 1.54) is 25.1 Å². The van der Waals surface area contributed by atoms with Gasteiger partial charge >= 0.3 is 6.01 Å². The zero-order valence-electron chi connectivity index (χ0n) is 16.5. The number of ketones is 1. The molecule has 0 fully saturated rings. The van der Waals surface area contributed by atoms with Crippen molar-refractivity contribution in [3.63, 3.8) is 0 Å². The number of aliphatic hydroxyl groups is 1. The maximum absolute atomic E-state index is 14.6. The molecule has 2 aromatic carbocycles. The number of anilines is 3. The Hall–Kier alpha value is -3.44. The van der Waals surface area contributed by atoms with E-state index >= 15 is 0 Å². The Labute approximate surface area is 175 Å². The summed E-state index contributed by atoms with van der Waals surface area (Å²) in [7, 11) is 0. The van der Waals surface area contributed by atoms with Crippen LogP contribution in [0.3, 0.4) is 0 Å². The molecule has 1 heterocycles. The molecule has 1 aromatic heterocycles. The van der Waals surface area contributed by atoms with Gasteiger partial charge in [-0.25, -0.2) is 13.2 Å². The molecule has 3 rings (SSSR count). The van der Waals surface area contributed by atoms with E-state index in [9.17, 15) is 18.0 Å². The van der Waals surface area contributed by atoms with Crippen LogP contribution >= 0.6 is 0 Å². The highest BCUT2D eigenvalue weighted by Crippen LogP contribution is 2.34. The molecule has 3 aromatic rings. The van der Waals surface area contributed by atoms with Crippen molar-refractivity contribution in [1.29, 1.82) is 0 Å². The van der Waals surface area contributed by atoms with Crippen molar-refractivity contribution < 1.29 is 27.5 Å². The number of rotatable bonds is 10. The predicted molar refractivity (Wildman–Crippen MR) is 108 cm³/mol. The molecule has 0 spiro atoms. The second kappa shape index (κ2) is 10.0. The van der Waals surface area contributed by atoms with Crippen LogP contribution in [0.5, 0.6) is 0 Å². The first-order chi connectivity index (χ1) is 14.9. The van der Waals surface area contributed by atoms with E-state index in [1.54, 1.807) is 0 Å². The van der Waals surface area contributed by atoms with E-state index in [2.05, 4.69) is 26.1 Å². The van der Waals surface area contributed by atoms with Gasteiger partial charge in [-0.3, -0.25) is 4.79 Å². The van der Waals surface area contributed by atoms with Gasteiger partial charge in [-0.05, 0) is 37.3 Å². The van der Waals surface area contributed by atoms with E-state index < -0.39 is 23.1 Å². The van der Waals surface area contributed by atoms with Gasteiger partial charge in [0.15, 0.2) is 17.4 Å². The number of aliphatic hydroxyl groups excluding tert-OH is 1. The van der Waals surface area contributed by atoms with Gasteiger partial charge in [0.25, 0.3) is 5.89 Å². The molecule has 31 heavy (non-hydrogen) atoms. The van der Waals surface area contributed by atoms with Crippen LogP contribution in [0.4, 0.5) is 30.6 Å². The number of nitrogens with one attached hydrogen (secondary N) is 3. The van der Waals surface area contributed by atoms with Crippen LogP contribution in [-0.4, -0.2) is 47.3 Å². The SMILES string of the molecule is CC(=O)c1ccc(Nc2c(-c3nnc(NCCNCCO)o3)ccc(F)c2F)c(F)c1. The fraction of sp³-hybridized carbons (Fsp3) is 0.250. The minimum atomic E-state index is -1.26. The maximum Gasteiger partial charge on any atom is 0.315 e. The van der Waals surface area contributed by atoms with Crippen molar-refractivity contribution in [2.45, 2.75) is 6.92 Å². The predicted octanol–water partition coefficient (Wildman–Crippen LogP) is 3.09. The smallest absolute Gasteiger partial charge is 0.315 e. The number of Topliss-reactive ketones (excluding diaryl/α,β-unsaturated/α-hetero) is 1. The van der Waals surface area contributed by atoms with E-state index in [1.807, 2.05) is 0 Å². The zero-order chi connectivity index (χ0) is 22.4. The highest BCUT2D eigenvalue weighted by Gasteiger charge is 2.21. The Bertz CT molecular complexity index is 1070. The van der Waals surface area contributed by atoms with Crippen LogP contribution in [0.2, 0.25) is 0 Å². The number of carbonyl (C=O) groups excluding carboxylic acids is 1. The topological polar surface area (TPSA) is 112 Å². The Kier molecular flexibility index (Phi) is 7.21. The van der Waals surface area contributed by atoms with Crippen molar-refractivity contribution in [3.8, 4) is 11.5 Å². The summed E-state index contributed by atoms with van der Waals surface area (Å²) < 4.78 is 48.2. The van der Waals surface area contributed by atoms with Crippen molar-refractivity contribution in [3.05, 3.63) is 53.3 Å². The molecule has 0 atom stereocenters. The Morgan fingerprint density at radius 1 is 1.06 bits per heavy atom. The van der Waals surface area contributed by atoms with Gasteiger partial charge in [-0.1, -0.05) is 5.10 Å². The van der Waals surface area contributed by atoms with E-state index in [0.29, 0.717) is 19.6 Å². The molecule has 0 amide bonds. The van der Waals surface area contributed by atoms with Gasteiger partial charge in [0.05, 0.1) is 23.5 Å². The number of halogens is 3. The van der Waals surface area contributed by atoms with Gasteiger partial charge in [0, 0.05) is 25.2 Å². The summed E-state index contributed by atoms with van der Waals surface area (Å²) in [5.41, 5.74) is -0.394. The van der Waals surface area contributed by atoms with E-state index in [-0.39, 0.29) is 41.1 Å². The number of carbonyl (C=O) groups is 1. The minimum Gasteiger partial charge on any atom is -0.403 e. The highest BCUT2D eigenvalue weighted by atomic mass is 19.2. The molecule has 0 radical (unpaired) electrons. The third-order valence-corrected chi connectivity index (χ3v) is 4.25. The first-order valence-electron chi connectivity index (χ1n) is 9.35. The van der Waals surface area contributed by atoms with E-state index in [0.717, 1.165) is 12.1 Å². The normalized spacial score (nSPS) is 10.9. The van der Waals surface area contributed by atoms with Crippen LogP contribution in [0, 0.1) is 17.5 Å². The van der Waals surface area contributed by atoms with E-state index in [4.69, 9.17) is 9.52 Å². The van der Waals surface area contributed by atoms with Crippen molar-refractivity contribution in [2.24, 2.45) is 0 Å². The third-order valence-electron chi connectivity index (χ3n) is 4.25. The second-order valence-corrected chi connectivity index (χ2v) is 6.47. The minimum absolute atomic E-state index is 0.00862. The summed E-state index contributed by atoms with van der Waals surface area (Å²) in [6.45, 7) is 2.67. The fourth-order valence-electron chi connectivity index (χ4n) is 2.69. The molecule has 0 bridgehead atoms. The molecule has 4 N–H and O–H groups in total. The Morgan fingerprint density at radius 3 is 2.58 bits per heavy atom. The third kappa shape index (κ3) is 5.38. The first kappa shape index (κ1) is 22.2. The summed E-state index contributed by atoms with van der Waals surface area (Å²) in [6, 6.07) is 5.78.